The zero-order chi connectivity index (χ0) is 12.1. The summed E-state index contributed by atoms with van der Waals surface area (Å²) in [7, 11) is 0. The molecule has 0 aliphatic carbocycles. The summed E-state index contributed by atoms with van der Waals surface area (Å²) in [6, 6.07) is 1.74. The van der Waals surface area contributed by atoms with Crippen molar-refractivity contribution in [2.45, 2.75) is 18.9 Å². The van der Waals surface area contributed by atoms with E-state index in [2.05, 4.69) is 15.3 Å². The first-order chi connectivity index (χ1) is 8.22. The van der Waals surface area contributed by atoms with Crippen molar-refractivity contribution in [2.24, 2.45) is 0 Å². The third kappa shape index (κ3) is 3.47. The molecule has 1 aliphatic heterocycles. The minimum atomic E-state index is -0.610. The Balaban J connectivity index is 1.91. The van der Waals surface area contributed by atoms with E-state index in [1.54, 1.807) is 17.8 Å². The predicted octanol–water partition coefficient (Wildman–Crippen LogP) is 1.16. The Hall–Kier alpha value is -1.01. The number of ether oxygens (including phenoxy) is 1. The molecule has 1 fully saturated rings. The van der Waals surface area contributed by atoms with Crippen LogP contribution < -0.4 is 10.1 Å². The van der Waals surface area contributed by atoms with E-state index in [9.17, 15) is 5.11 Å². The molecular formula is C11H17N3O2S. The van der Waals surface area contributed by atoms with Crippen LogP contribution in [0.25, 0.3) is 0 Å². The highest BCUT2D eigenvalue weighted by Gasteiger charge is 2.31. The summed E-state index contributed by atoms with van der Waals surface area (Å²) in [5, 5.41) is 13.3. The Labute approximate surface area is 105 Å². The van der Waals surface area contributed by atoms with E-state index in [4.69, 9.17) is 4.74 Å². The molecule has 0 aromatic carbocycles. The van der Waals surface area contributed by atoms with Crippen LogP contribution in [0.15, 0.2) is 12.4 Å². The van der Waals surface area contributed by atoms with Gasteiger partial charge < -0.3 is 15.2 Å². The molecule has 1 aliphatic rings. The van der Waals surface area contributed by atoms with Gasteiger partial charge in [0.05, 0.1) is 12.2 Å². The highest BCUT2D eigenvalue weighted by molar-refractivity contribution is 7.99. The van der Waals surface area contributed by atoms with Gasteiger partial charge in [0.25, 0.3) is 0 Å². The minimum Gasteiger partial charge on any atom is -0.478 e. The van der Waals surface area contributed by atoms with Gasteiger partial charge in [0.1, 0.15) is 12.1 Å². The van der Waals surface area contributed by atoms with E-state index < -0.39 is 5.60 Å². The number of rotatable bonds is 5. The van der Waals surface area contributed by atoms with Crippen LogP contribution in [-0.2, 0) is 0 Å². The normalized spacial score (nSPS) is 23.6. The fraction of sp³-hybridized carbons (Fsp3) is 0.636. The second kappa shape index (κ2) is 5.55. The number of nitrogens with zero attached hydrogens (tertiary/aromatic N) is 2. The van der Waals surface area contributed by atoms with Crippen molar-refractivity contribution in [1.82, 2.24) is 9.97 Å². The standard InChI is InChI=1S/C11H17N3O2S/c1-2-16-10-5-9(13-8-14-10)12-6-11(15)3-4-17-7-11/h5,8,15H,2-4,6-7H2,1H3,(H,12,13,14). The maximum Gasteiger partial charge on any atom is 0.218 e. The summed E-state index contributed by atoms with van der Waals surface area (Å²) < 4.78 is 5.29. The average molecular weight is 255 g/mol. The summed E-state index contributed by atoms with van der Waals surface area (Å²) in [5.74, 6) is 3.04. The van der Waals surface area contributed by atoms with Crippen LogP contribution in [0.4, 0.5) is 5.82 Å². The van der Waals surface area contributed by atoms with Crippen LogP contribution in [0.2, 0.25) is 0 Å². The molecule has 1 atom stereocenters. The summed E-state index contributed by atoms with van der Waals surface area (Å²) in [6.07, 6.45) is 2.29. The molecule has 0 spiro atoms. The Kier molecular flexibility index (Phi) is 4.06. The van der Waals surface area contributed by atoms with Crippen LogP contribution >= 0.6 is 11.8 Å². The van der Waals surface area contributed by atoms with Gasteiger partial charge in [-0.25, -0.2) is 9.97 Å². The van der Waals surface area contributed by atoms with Crippen LogP contribution in [0.3, 0.4) is 0 Å². The second-order valence-electron chi connectivity index (χ2n) is 4.05. The molecule has 94 valence electrons. The highest BCUT2D eigenvalue weighted by atomic mass is 32.2. The Morgan fingerprint density at radius 1 is 1.59 bits per heavy atom. The molecule has 2 rings (SSSR count). The molecule has 1 saturated heterocycles. The Morgan fingerprint density at radius 2 is 2.47 bits per heavy atom. The van der Waals surface area contributed by atoms with E-state index in [1.165, 1.54) is 6.33 Å². The van der Waals surface area contributed by atoms with Gasteiger partial charge >= 0.3 is 0 Å². The van der Waals surface area contributed by atoms with Crippen molar-refractivity contribution in [3.05, 3.63) is 12.4 Å². The van der Waals surface area contributed by atoms with Crippen LogP contribution in [0, 0.1) is 0 Å². The van der Waals surface area contributed by atoms with E-state index in [-0.39, 0.29) is 0 Å². The zero-order valence-electron chi connectivity index (χ0n) is 9.85. The first-order valence-corrected chi connectivity index (χ1v) is 6.86. The molecule has 2 heterocycles. The molecule has 1 aromatic rings. The van der Waals surface area contributed by atoms with Gasteiger partial charge in [0, 0.05) is 18.4 Å². The van der Waals surface area contributed by atoms with Gasteiger partial charge in [-0.3, -0.25) is 0 Å². The Bertz CT molecular complexity index is 369. The van der Waals surface area contributed by atoms with Crippen molar-refractivity contribution in [1.29, 1.82) is 0 Å². The van der Waals surface area contributed by atoms with Gasteiger partial charge in [-0.15, -0.1) is 0 Å². The second-order valence-corrected chi connectivity index (χ2v) is 5.16. The lowest BCUT2D eigenvalue weighted by atomic mass is 10.0. The largest absolute Gasteiger partial charge is 0.478 e. The van der Waals surface area contributed by atoms with Gasteiger partial charge in [-0.1, -0.05) is 0 Å². The number of aliphatic hydroxyl groups is 1. The molecule has 0 saturated carbocycles. The molecule has 17 heavy (non-hydrogen) atoms. The summed E-state index contributed by atoms with van der Waals surface area (Å²) in [6.45, 7) is 3.01. The topological polar surface area (TPSA) is 67.3 Å². The van der Waals surface area contributed by atoms with E-state index in [0.29, 0.717) is 24.8 Å². The zero-order valence-corrected chi connectivity index (χ0v) is 10.7. The maximum atomic E-state index is 10.2. The lowest BCUT2D eigenvalue weighted by molar-refractivity contribution is 0.0819. The molecule has 0 amide bonds. The first kappa shape index (κ1) is 12.4. The van der Waals surface area contributed by atoms with E-state index in [0.717, 1.165) is 17.9 Å². The lowest BCUT2D eigenvalue weighted by Crippen LogP contribution is -2.36. The number of thioether (sulfide) groups is 1. The molecule has 5 nitrogen and oxygen atoms in total. The van der Waals surface area contributed by atoms with Gasteiger partial charge in [-0.05, 0) is 19.1 Å². The summed E-state index contributed by atoms with van der Waals surface area (Å²) in [5.41, 5.74) is -0.610. The Morgan fingerprint density at radius 3 is 3.18 bits per heavy atom. The molecule has 0 radical (unpaired) electrons. The van der Waals surface area contributed by atoms with Crippen molar-refractivity contribution < 1.29 is 9.84 Å². The van der Waals surface area contributed by atoms with Crippen molar-refractivity contribution in [3.63, 3.8) is 0 Å². The van der Waals surface area contributed by atoms with Crippen molar-refractivity contribution in [3.8, 4) is 5.88 Å². The fourth-order valence-electron chi connectivity index (χ4n) is 1.65. The minimum absolute atomic E-state index is 0.516. The van der Waals surface area contributed by atoms with Crippen LogP contribution in [0.5, 0.6) is 5.88 Å². The summed E-state index contributed by atoms with van der Waals surface area (Å²) >= 11 is 1.78. The fourth-order valence-corrected chi connectivity index (χ4v) is 2.95. The monoisotopic (exact) mass is 255 g/mol. The predicted molar refractivity (Wildman–Crippen MR) is 68.6 cm³/mol. The molecule has 0 bridgehead atoms. The molecule has 1 aromatic heterocycles. The van der Waals surface area contributed by atoms with E-state index >= 15 is 0 Å². The lowest BCUT2D eigenvalue weighted by Gasteiger charge is -2.21. The number of anilines is 1. The van der Waals surface area contributed by atoms with E-state index in [1.807, 2.05) is 6.92 Å². The van der Waals surface area contributed by atoms with Gasteiger partial charge in [-0.2, -0.15) is 11.8 Å². The van der Waals surface area contributed by atoms with Crippen molar-refractivity contribution >= 4 is 17.6 Å². The SMILES string of the molecule is CCOc1cc(NCC2(O)CCSC2)ncn1. The number of hydrogen-bond donors (Lipinski definition) is 2. The summed E-state index contributed by atoms with van der Waals surface area (Å²) in [4.78, 5) is 8.08. The number of aromatic nitrogens is 2. The smallest absolute Gasteiger partial charge is 0.218 e. The first-order valence-electron chi connectivity index (χ1n) is 5.71. The third-order valence-corrected chi connectivity index (χ3v) is 3.85. The highest BCUT2D eigenvalue weighted by Crippen LogP contribution is 2.27. The number of nitrogens with one attached hydrogen (secondary N) is 1. The average Bonchev–Trinajstić information content (AvgIpc) is 2.76. The third-order valence-electron chi connectivity index (χ3n) is 2.62. The maximum absolute atomic E-state index is 10.2. The van der Waals surface area contributed by atoms with Gasteiger partial charge in [0.15, 0.2) is 0 Å². The quantitative estimate of drug-likeness (QED) is 0.823. The molecule has 6 heteroatoms. The van der Waals surface area contributed by atoms with Crippen LogP contribution in [0.1, 0.15) is 13.3 Å². The molecular weight excluding hydrogens is 238 g/mol. The number of hydrogen-bond acceptors (Lipinski definition) is 6. The van der Waals surface area contributed by atoms with Crippen molar-refractivity contribution in [2.75, 3.05) is 30.0 Å². The van der Waals surface area contributed by atoms with Gasteiger partial charge in [0.2, 0.25) is 5.88 Å². The van der Waals surface area contributed by atoms with Crippen LogP contribution in [-0.4, -0.2) is 45.3 Å². The molecule has 2 N–H and O–H groups in total. The molecule has 1 unspecified atom stereocenters.